The number of sulfonamides is 1. The molecule has 106 valence electrons. The number of nitrogens with one attached hydrogen (secondary N) is 2. The maximum absolute atomic E-state index is 12.4. The Morgan fingerprint density at radius 3 is 2.75 bits per heavy atom. The van der Waals surface area contributed by atoms with Gasteiger partial charge in [0.15, 0.2) is 0 Å². The zero-order chi connectivity index (χ0) is 14.8. The molecule has 1 aromatic carbocycles. The van der Waals surface area contributed by atoms with Gasteiger partial charge in [-0.25, -0.2) is 13.4 Å². The lowest BCUT2D eigenvalue weighted by molar-refractivity contribution is 0.601. The Hall–Kier alpha value is -1.31. The van der Waals surface area contributed by atoms with Crippen molar-refractivity contribution in [3.63, 3.8) is 0 Å². The van der Waals surface area contributed by atoms with E-state index in [-0.39, 0.29) is 10.7 Å². The molecule has 0 saturated heterocycles. The van der Waals surface area contributed by atoms with Crippen molar-refractivity contribution >= 4 is 49.1 Å². The van der Waals surface area contributed by atoms with Gasteiger partial charge in [-0.05, 0) is 30.3 Å². The second kappa shape index (κ2) is 5.99. The monoisotopic (exact) mass is 375 g/mol. The number of anilines is 2. The molecule has 0 bridgehead atoms. The minimum atomic E-state index is -3.78. The maximum Gasteiger partial charge on any atom is 0.265 e. The molecule has 0 aliphatic rings. The molecule has 0 amide bonds. The number of hydrogen-bond acceptors (Lipinski definition) is 4. The Kier molecular flexibility index (Phi) is 4.52. The maximum atomic E-state index is 12.4. The van der Waals surface area contributed by atoms with Crippen LogP contribution < -0.4 is 10.0 Å². The second-order valence-electron chi connectivity index (χ2n) is 3.83. The third kappa shape index (κ3) is 3.23. The second-order valence-corrected chi connectivity index (χ2v) is 6.80. The van der Waals surface area contributed by atoms with Crippen LogP contribution in [0.25, 0.3) is 0 Å². The summed E-state index contributed by atoms with van der Waals surface area (Å²) < 4.78 is 27.9. The quantitative estimate of drug-likeness (QED) is 0.858. The van der Waals surface area contributed by atoms with Crippen molar-refractivity contribution in [2.24, 2.45) is 0 Å². The van der Waals surface area contributed by atoms with E-state index in [1.165, 1.54) is 12.3 Å². The van der Waals surface area contributed by atoms with Crippen LogP contribution in [0.4, 0.5) is 11.5 Å². The number of pyridine rings is 1. The van der Waals surface area contributed by atoms with Gasteiger partial charge in [0.05, 0.1) is 10.7 Å². The number of aromatic nitrogens is 1. The van der Waals surface area contributed by atoms with E-state index in [0.717, 1.165) is 4.47 Å². The first-order chi connectivity index (χ1) is 9.44. The van der Waals surface area contributed by atoms with Crippen LogP contribution in [0.5, 0.6) is 0 Å². The third-order valence-electron chi connectivity index (χ3n) is 2.47. The zero-order valence-electron chi connectivity index (χ0n) is 10.4. The summed E-state index contributed by atoms with van der Waals surface area (Å²) in [6.07, 6.45) is 1.51. The van der Waals surface area contributed by atoms with Gasteiger partial charge in [-0.2, -0.15) is 0 Å². The van der Waals surface area contributed by atoms with Crippen molar-refractivity contribution in [3.8, 4) is 0 Å². The number of halogens is 2. The molecule has 2 aromatic rings. The fourth-order valence-electron chi connectivity index (χ4n) is 1.57. The molecule has 0 spiro atoms. The number of nitrogens with zero attached hydrogens (tertiary/aromatic N) is 1. The Bertz CT molecular complexity index is 737. The third-order valence-corrected chi connectivity index (χ3v) is 4.69. The lowest BCUT2D eigenvalue weighted by Gasteiger charge is -2.12. The normalized spacial score (nSPS) is 11.2. The van der Waals surface area contributed by atoms with Crippen molar-refractivity contribution in [2.45, 2.75) is 4.90 Å². The van der Waals surface area contributed by atoms with Crippen LogP contribution in [0.2, 0.25) is 5.02 Å². The SMILES string of the molecule is CNc1ncccc1S(=O)(=O)Nc1cc(Br)ccc1Cl. The Morgan fingerprint density at radius 1 is 1.30 bits per heavy atom. The van der Waals surface area contributed by atoms with Gasteiger partial charge >= 0.3 is 0 Å². The number of benzene rings is 1. The van der Waals surface area contributed by atoms with Gasteiger partial charge in [0, 0.05) is 17.7 Å². The molecular weight excluding hydrogens is 366 g/mol. The van der Waals surface area contributed by atoms with Gasteiger partial charge in [0.2, 0.25) is 0 Å². The predicted octanol–water partition coefficient (Wildman–Crippen LogP) is 3.34. The molecule has 0 aliphatic heterocycles. The molecule has 2 rings (SSSR count). The molecule has 0 aliphatic carbocycles. The standard InChI is InChI=1S/C12H11BrClN3O2S/c1-15-12-11(3-2-6-16-12)20(18,19)17-10-7-8(13)4-5-9(10)14/h2-7,17H,1H3,(H,15,16). The van der Waals surface area contributed by atoms with Gasteiger partial charge in [-0.1, -0.05) is 27.5 Å². The molecule has 1 heterocycles. The highest BCUT2D eigenvalue weighted by atomic mass is 79.9. The summed E-state index contributed by atoms with van der Waals surface area (Å²) >= 11 is 9.25. The van der Waals surface area contributed by atoms with E-state index < -0.39 is 10.0 Å². The van der Waals surface area contributed by atoms with E-state index in [1.54, 1.807) is 31.3 Å². The summed E-state index contributed by atoms with van der Waals surface area (Å²) in [4.78, 5) is 4.03. The smallest absolute Gasteiger partial charge is 0.265 e. The molecule has 0 radical (unpaired) electrons. The van der Waals surface area contributed by atoms with E-state index >= 15 is 0 Å². The Labute approximate surface area is 130 Å². The van der Waals surface area contributed by atoms with Crippen molar-refractivity contribution in [1.29, 1.82) is 0 Å². The van der Waals surface area contributed by atoms with Gasteiger partial charge in [-0.3, -0.25) is 4.72 Å². The van der Waals surface area contributed by atoms with Gasteiger partial charge in [0.1, 0.15) is 10.7 Å². The van der Waals surface area contributed by atoms with Gasteiger partial charge in [-0.15, -0.1) is 0 Å². The summed E-state index contributed by atoms with van der Waals surface area (Å²) in [5.41, 5.74) is 0.298. The Balaban J connectivity index is 2.43. The van der Waals surface area contributed by atoms with Crippen LogP contribution in [0.1, 0.15) is 0 Å². The minimum Gasteiger partial charge on any atom is -0.372 e. The first kappa shape index (κ1) is 15.1. The van der Waals surface area contributed by atoms with Crippen LogP contribution in [0, 0.1) is 0 Å². The molecule has 1 aromatic heterocycles. The highest BCUT2D eigenvalue weighted by Crippen LogP contribution is 2.29. The fourth-order valence-corrected chi connectivity index (χ4v) is 3.39. The van der Waals surface area contributed by atoms with Crippen molar-refractivity contribution in [2.75, 3.05) is 17.1 Å². The van der Waals surface area contributed by atoms with E-state index in [2.05, 4.69) is 31.0 Å². The summed E-state index contributed by atoms with van der Waals surface area (Å²) in [5.74, 6) is 0.270. The summed E-state index contributed by atoms with van der Waals surface area (Å²) in [6, 6.07) is 7.94. The molecular formula is C12H11BrClN3O2S. The highest BCUT2D eigenvalue weighted by molar-refractivity contribution is 9.10. The topological polar surface area (TPSA) is 71.1 Å². The van der Waals surface area contributed by atoms with Crippen molar-refractivity contribution in [1.82, 2.24) is 4.98 Å². The molecule has 20 heavy (non-hydrogen) atoms. The summed E-state index contributed by atoms with van der Waals surface area (Å²) in [7, 11) is -2.17. The molecule has 5 nitrogen and oxygen atoms in total. The first-order valence-corrected chi connectivity index (χ1v) is 8.20. The van der Waals surface area contributed by atoms with Crippen LogP contribution in [0.3, 0.4) is 0 Å². The van der Waals surface area contributed by atoms with E-state index in [4.69, 9.17) is 11.6 Å². The molecule has 0 saturated carbocycles. The summed E-state index contributed by atoms with van der Waals surface area (Å²) in [6.45, 7) is 0. The lowest BCUT2D eigenvalue weighted by atomic mass is 10.3. The molecule has 0 atom stereocenters. The molecule has 0 unspecified atom stereocenters. The largest absolute Gasteiger partial charge is 0.372 e. The molecule has 2 N–H and O–H groups in total. The molecule has 8 heteroatoms. The molecule has 0 fully saturated rings. The highest BCUT2D eigenvalue weighted by Gasteiger charge is 2.20. The summed E-state index contributed by atoms with van der Waals surface area (Å²) in [5, 5.41) is 3.05. The van der Waals surface area contributed by atoms with Crippen molar-refractivity contribution in [3.05, 3.63) is 46.0 Å². The Morgan fingerprint density at radius 2 is 2.05 bits per heavy atom. The van der Waals surface area contributed by atoms with Crippen molar-refractivity contribution < 1.29 is 8.42 Å². The van der Waals surface area contributed by atoms with Crippen LogP contribution >= 0.6 is 27.5 Å². The zero-order valence-corrected chi connectivity index (χ0v) is 13.6. The van der Waals surface area contributed by atoms with E-state index in [0.29, 0.717) is 10.7 Å². The van der Waals surface area contributed by atoms with Crippen LogP contribution in [0.15, 0.2) is 45.9 Å². The van der Waals surface area contributed by atoms with E-state index in [1.807, 2.05) is 0 Å². The minimum absolute atomic E-state index is 0.0542. The number of hydrogen-bond donors (Lipinski definition) is 2. The van der Waals surface area contributed by atoms with Crippen LogP contribution in [-0.2, 0) is 10.0 Å². The van der Waals surface area contributed by atoms with E-state index in [9.17, 15) is 8.42 Å². The van der Waals surface area contributed by atoms with Gasteiger partial charge in [0.25, 0.3) is 10.0 Å². The fraction of sp³-hybridized carbons (Fsp3) is 0.0833. The first-order valence-electron chi connectivity index (χ1n) is 5.54. The lowest BCUT2D eigenvalue weighted by Crippen LogP contribution is -2.15. The van der Waals surface area contributed by atoms with Crippen LogP contribution in [-0.4, -0.2) is 20.4 Å². The average Bonchev–Trinajstić information content (AvgIpc) is 2.42. The number of rotatable bonds is 4. The predicted molar refractivity (Wildman–Crippen MR) is 83.7 cm³/mol. The average molecular weight is 377 g/mol. The van der Waals surface area contributed by atoms with Gasteiger partial charge < -0.3 is 5.32 Å².